The monoisotopic (exact) mass is 413 g/mol. The van der Waals surface area contributed by atoms with Gasteiger partial charge in [0.2, 0.25) is 5.69 Å². The second-order valence-electron chi connectivity index (χ2n) is 9.71. The Bertz CT molecular complexity index is 1340. The van der Waals surface area contributed by atoms with Gasteiger partial charge in [0.15, 0.2) is 6.20 Å². The van der Waals surface area contributed by atoms with Crippen LogP contribution in [0.2, 0.25) is 0 Å². The van der Waals surface area contributed by atoms with Gasteiger partial charge < -0.3 is 0 Å². The predicted molar refractivity (Wildman–Crippen MR) is 128 cm³/mol. The van der Waals surface area contributed by atoms with Crippen molar-refractivity contribution in [3.05, 3.63) is 64.3 Å². The van der Waals surface area contributed by atoms with E-state index < -0.39 is 0 Å². The first kappa shape index (κ1) is 20.6. The van der Waals surface area contributed by atoms with E-state index >= 15 is 0 Å². The van der Waals surface area contributed by atoms with Crippen molar-refractivity contribution in [3.63, 3.8) is 0 Å². The minimum absolute atomic E-state index is 0.209. The van der Waals surface area contributed by atoms with Crippen LogP contribution in [0.1, 0.15) is 48.6 Å². The molecule has 152 valence electrons. The summed E-state index contributed by atoms with van der Waals surface area (Å²) >= 11 is 1.84. The van der Waals surface area contributed by atoms with Gasteiger partial charge in [0.1, 0.15) is 23.4 Å². The first-order valence-corrected chi connectivity index (χ1v) is 11.3. The van der Waals surface area contributed by atoms with Crippen molar-refractivity contribution in [2.75, 3.05) is 0 Å². The van der Waals surface area contributed by atoms with Gasteiger partial charge in [-0.15, -0.1) is 11.3 Å². The number of benzene rings is 2. The summed E-state index contributed by atoms with van der Waals surface area (Å²) in [5.41, 5.74) is 8.66. The maximum atomic E-state index is 9.94. The fraction of sp³-hybridized carbons (Fsp3) is 0.333. The summed E-state index contributed by atoms with van der Waals surface area (Å²) in [5.74, 6) is 0. The second-order valence-corrected chi connectivity index (χ2v) is 10.7. The van der Waals surface area contributed by atoms with Crippen molar-refractivity contribution in [1.82, 2.24) is 0 Å². The molecule has 0 fully saturated rings. The van der Waals surface area contributed by atoms with E-state index in [1.54, 1.807) is 0 Å². The van der Waals surface area contributed by atoms with Crippen molar-refractivity contribution in [2.45, 2.75) is 48.0 Å². The molecule has 0 aliphatic rings. The minimum Gasteiger partial charge on any atom is -0.198 e. The summed E-state index contributed by atoms with van der Waals surface area (Å²) < 4.78 is 4.66. The van der Waals surface area contributed by atoms with Gasteiger partial charge in [0, 0.05) is 15.5 Å². The van der Waals surface area contributed by atoms with Crippen molar-refractivity contribution < 1.29 is 4.57 Å². The summed E-state index contributed by atoms with van der Waals surface area (Å²) in [6, 6.07) is 13.6. The molecule has 0 aliphatic carbocycles. The molecule has 4 aromatic rings. The molecule has 0 atom stereocenters. The van der Waals surface area contributed by atoms with E-state index in [9.17, 15) is 5.26 Å². The van der Waals surface area contributed by atoms with Crippen molar-refractivity contribution in [2.24, 2.45) is 12.5 Å². The van der Waals surface area contributed by atoms with Crippen LogP contribution in [0, 0.1) is 37.5 Å². The third-order valence-corrected chi connectivity index (χ3v) is 7.15. The highest BCUT2D eigenvalue weighted by Gasteiger charge is 2.26. The molecule has 2 heterocycles. The minimum atomic E-state index is 0.209. The number of hydrogen-bond acceptors (Lipinski definition) is 2. The molecule has 4 rings (SSSR count). The molecular weight excluding hydrogens is 384 g/mol. The Hall–Kier alpha value is -2.70. The highest BCUT2D eigenvalue weighted by atomic mass is 32.1. The molecule has 0 saturated carbocycles. The average Bonchev–Trinajstić information content (AvgIpc) is 3.03. The van der Waals surface area contributed by atoms with Crippen LogP contribution in [0.5, 0.6) is 0 Å². The quantitative estimate of drug-likeness (QED) is 0.327. The molecule has 0 aliphatic heterocycles. The SMILES string of the molecule is Cc1cc(C)c(C)c(-c2c3sc4c(CC(C)(C)C)cccc4c3c(C#N)c[n+]2C)c1. The molecule has 2 aromatic carbocycles. The van der Waals surface area contributed by atoms with Gasteiger partial charge >= 0.3 is 0 Å². The van der Waals surface area contributed by atoms with Crippen LogP contribution in [0.25, 0.3) is 31.4 Å². The smallest absolute Gasteiger partial charge is 0.198 e. The maximum absolute atomic E-state index is 9.94. The summed E-state index contributed by atoms with van der Waals surface area (Å²) in [5, 5.41) is 12.2. The third kappa shape index (κ3) is 3.40. The molecule has 2 aromatic heterocycles. The predicted octanol–water partition coefficient (Wildman–Crippen LogP) is 6.93. The van der Waals surface area contributed by atoms with Gasteiger partial charge in [-0.3, -0.25) is 0 Å². The lowest BCUT2D eigenvalue weighted by Gasteiger charge is -2.18. The second kappa shape index (κ2) is 7.22. The zero-order valence-corrected chi connectivity index (χ0v) is 19.8. The lowest BCUT2D eigenvalue weighted by Crippen LogP contribution is -2.31. The van der Waals surface area contributed by atoms with E-state index in [-0.39, 0.29) is 5.41 Å². The number of fused-ring (bicyclic) bond motifs is 3. The van der Waals surface area contributed by atoms with E-state index in [0.717, 1.165) is 17.4 Å². The standard InChI is InChI=1S/C27H29N2S/c1-16-11-17(2)18(3)22(12-16)24-26-23(20(14-28)15-29(24)7)21-10-8-9-19(25(21)30-26)13-27(4,5)6/h8-12,15H,13H2,1-7H3/q+1. The molecule has 0 saturated heterocycles. The van der Waals surface area contributed by atoms with Crippen LogP contribution >= 0.6 is 11.3 Å². The van der Waals surface area contributed by atoms with Gasteiger partial charge in [-0.25, -0.2) is 0 Å². The Morgan fingerprint density at radius 2 is 1.80 bits per heavy atom. The molecule has 30 heavy (non-hydrogen) atoms. The lowest BCUT2D eigenvalue weighted by molar-refractivity contribution is -0.659. The van der Waals surface area contributed by atoms with Crippen molar-refractivity contribution >= 4 is 31.5 Å². The van der Waals surface area contributed by atoms with Gasteiger partial charge in [-0.2, -0.15) is 9.83 Å². The average molecular weight is 414 g/mol. The van der Waals surface area contributed by atoms with Gasteiger partial charge in [0.25, 0.3) is 0 Å². The van der Waals surface area contributed by atoms with E-state index in [2.05, 4.69) is 89.6 Å². The highest BCUT2D eigenvalue weighted by molar-refractivity contribution is 7.26. The topological polar surface area (TPSA) is 27.7 Å². The Balaban J connectivity index is 2.16. The van der Waals surface area contributed by atoms with Gasteiger partial charge in [-0.1, -0.05) is 50.6 Å². The van der Waals surface area contributed by atoms with Crippen LogP contribution in [-0.4, -0.2) is 0 Å². The summed E-state index contributed by atoms with van der Waals surface area (Å²) in [6.07, 6.45) is 3.01. The normalized spacial score (nSPS) is 11.9. The van der Waals surface area contributed by atoms with Crippen molar-refractivity contribution in [1.29, 1.82) is 5.26 Å². The summed E-state index contributed by atoms with van der Waals surface area (Å²) in [6.45, 7) is 13.4. The van der Waals surface area contributed by atoms with E-state index in [0.29, 0.717) is 0 Å². The molecule has 0 unspecified atom stereocenters. The number of rotatable bonds is 2. The largest absolute Gasteiger partial charge is 0.230 e. The molecule has 0 spiro atoms. The van der Waals surface area contributed by atoms with Crippen LogP contribution in [0.15, 0.2) is 36.5 Å². The van der Waals surface area contributed by atoms with E-state index in [1.165, 1.54) is 48.3 Å². The Morgan fingerprint density at radius 1 is 1.07 bits per heavy atom. The first-order chi connectivity index (χ1) is 14.1. The van der Waals surface area contributed by atoms with Crippen LogP contribution in [0.3, 0.4) is 0 Å². The van der Waals surface area contributed by atoms with Crippen molar-refractivity contribution in [3.8, 4) is 17.3 Å². The number of hydrogen-bond donors (Lipinski definition) is 0. The van der Waals surface area contributed by atoms with Crippen LogP contribution in [0.4, 0.5) is 0 Å². The molecule has 2 nitrogen and oxygen atoms in total. The number of thiophene rings is 1. The molecule has 3 heteroatoms. The van der Waals surface area contributed by atoms with Gasteiger partial charge in [0.05, 0.1) is 5.56 Å². The number of aromatic nitrogens is 1. The fourth-order valence-corrected chi connectivity index (χ4v) is 5.92. The Kier molecular flexibility index (Phi) is 4.95. The number of nitriles is 1. The maximum Gasteiger partial charge on any atom is 0.230 e. The molecular formula is C27H29N2S+. The number of aryl methyl sites for hydroxylation is 3. The molecule has 0 N–H and O–H groups in total. The van der Waals surface area contributed by atoms with E-state index in [4.69, 9.17) is 0 Å². The molecule has 0 radical (unpaired) electrons. The Labute approximate surface area is 183 Å². The lowest BCUT2D eigenvalue weighted by atomic mass is 9.87. The van der Waals surface area contributed by atoms with Gasteiger partial charge in [-0.05, 0) is 55.4 Å². The van der Waals surface area contributed by atoms with Crippen LogP contribution < -0.4 is 4.57 Å². The zero-order valence-electron chi connectivity index (χ0n) is 19.0. The fourth-order valence-electron chi connectivity index (χ4n) is 4.49. The zero-order chi connectivity index (χ0) is 21.8. The number of pyridine rings is 1. The van der Waals surface area contributed by atoms with Crippen LogP contribution in [-0.2, 0) is 13.5 Å². The summed E-state index contributed by atoms with van der Waals surface area (Å²) in [4.78, 5) is 0. The summed E-state index contributed by atoms with van der Waals surface area (Å²) in [7, 11) is 2.06. The Morgan fingerprint density at radius 3 is 2.47 bits per heavy atom. The molecule has 0 bridgehead atoms. The van der Waals surface area contributed by atoms with E-state index in [1.807, 2.05) is 17.5 Å². The third-order valence-electron chi connectivity index (χ3n) is 5.87. The number of nitrogens with zero attached hydrogens (tertiary/aromatic N) is 2. The highest BCUT2D eigenvalue weighted by Crippen LogP contribution is 2.43. The molecule has 0 amide bonds. The first-order valence-electron chi connectivity index (χ1n) is 10.5.